The number of nitrogen functional groups attached to an aromatic ring is 1. The van der Waals surface area contributed by atoms with E-state index in [1.54, 1.807) is 6.92 Å². The molecule has 4 N–H and O–H groups in total. The molecular formula is C15H18N4O2. The number of nitrogens with zero attached hydrogens (tertiary/aromatic N) is 2. The molecule has 2 rings (SSSR count). The molecule has 1 heterocycles. The zero-order chi connectivity index (χ0) is 15.6. The molecule has 1 aromatic carbocycles. The number of anilines is 1. The molecule has 6 nitrogen and oxygen atoms in total. The van der Waals surface area contributed by atoms with Crippen LogP contribution in [-0.4, -0.2) is 15.9 Å². The van der Waals surface area contributed by atoms with Crippen LogP contribution >= 0.6 is 0 Å². The van der Waals surface area contributed by atoms with Crippen LogP contribution in [0.1, 0.15) is 32.9 Å². The van der Waals surface area contributed by atoms with Gasteiger partial charge in [0.15, 0.2) is 0 Å². The van der Waals surface area contributed by atoms with Crippen molar-refractivity contribution in [2.45, 2.75) is 27.4 Å². The van der Waals surface area contributed by atoms with E-state index in [9.17, 15) is 4.79 Å². The lowest BCUT2D eigenvalue weighted by Crippen LogP contribution is -2.20. The predicted octanol–water partition coefficient (Wildman–Crippen LogP) is 1.66. The smallest absolute Gasteiger partial charge is 0.252 e. The summed E-state index contributed by atoms with van der Waals surface area (Å²) in [7, 11) is 0. The minimum atomic E-state index is -0.591. The summed E-state index contributed by atoms with van der Waals surface area (Å²) < 4.78 is 5.70. The van der Waals surface area contributed by atoms with Gasteiger partial charge in [-0.2, -0.15) is 0 Å². The molecule has 0 aliphatic carbocycles. The second kappa shape index (κ2) is 5.78. The number of aromatic nitrogens is 2. The molecule has 110 valence electrons. The Morgan fingerprint density at radius 2 is 1.76 bits per heavy atom. The maximum absolute atomic E-state index is 11.5. The predicted molar refractivity (Wildman–Crippen MR) is 79.9 cm³/mol. The molecule has 0 unspecified atom stereocenters. The molecule has 21 heavy (non-hydrogen) atoms. The van der Waals surface area contributed by atoms with Gasteiger partial charge in [0.2, 0.25) is 5.95 Å². The fraction of sp³-hybridized carbons (Fsp3) is 0.267. The van der Waals surface area contributed by atoms with Gasteiger partial charge in [0.25, 0.3) is 5.91 Å². The Morgan fingerprint density at radius 3 is 2.33 bits per heavy atom. The molecule has 0 saturated carbocycles. The van der Waals surface area contributed by atoms with Crippen molar-refractivity contribution < 1.29 is 9.53 Å². The fourth-order valence-corrected chi connectivity index (χ4v) is 2.25. The van der Waals surface area contributed by atoms with E-state index >= 15 is 0 Å². The minimum absolute atomic E-state index is 0.0940. The highest BCUT2D eigenvalue weighted by molar-refractivity contribution is 5.95. The Balaban J connectivity index is 2.29. The highest BCUT2D eigenvalue weighted by Gasteiger charge is 2.16. The Bertz CT molecular complexity index is 678. The number of primary amides is 1. The first-order chi connectivity index (χ1) is 9.86. The van der Waals surface area contributed by atoms with Gasteiger partial charge in [-0.25, -0.2) is 9.97 Å². The topological polar surface area (TPSA) is 104 Å². The number of nitrogens with two attached hydrogens (primary N) is 2. The second-order valence-corrected chi connectivity index (χ2v) is 4.97. The molecule has 6 heteroatoms. The molecule has 0 radical (unpaired) electrons. The van der Waals surface area contributed by atoms with Crippen molar-refractivity contribution in [3.8, 4) is 5.75 Å². The van der Waals surface area contributed by atoms with E-state index < -0.39 is 5.91 Å². The molecule has 0 fully saturated rings. The van der Waals surface area contributed by atoms with E-state index in [0.29, 0.717) is 17.1 Å². The number of aryl methyl sites for hydroxylation is 3. The van der Waals surface area contributed by atoms with Crippen molar-refractivity contribution in [2.75, 3.05) is 5.73 Å². The standard InChI is InChI=1S/C15H18N4O2/c1-8-4-9(2)6-11(5-8)21-7-12-13(14(16)20)10(3)18-15(17)19-12/h4-6H,7H2,1-3H3,(H2,16,20)(H2,17,18,19). The van der Waals surface area contributed by atoms with Crippen LogP contribution in [0.4, 0.5) is 5.95 Å². The average Bonchev–Trinajstić information content (AvgIpc) is 2.33. The lowest BCUT2D eigenvalue weighted by Gasteiger charge is -2.11. The molecule has 0 spiro atoms. The molecular weight excluding hydrogens is 268 g/mol. The summed E-state index contributed by atoms with van der Waals surface area (Å²) in [5.41, 5.74) is 14.3. The number of carbonyl (C=O) groups excluding carboxylic acids is 1. The Morgan fingerprint density at radius 1 is 1.14 bits per heavy atom. The highest BCUT2D eigenvalue weighted by atomic mass is 16.5. The van der Waals surface area contributed by atoms with E-state index in [4.69, 9.17) is 16.2 Å². The summed E-state index contributed by atoms with van der Waals surface area (Å²) in [5.74, 6) is 0.209. The van der Waals surface area contributed by atoms with Crippen molar-refractivity contribution in [1.82, 2.24) is 9.97 Å². The summed E-state index contributed by atoms with van der Waals surface area (Å²) in [6.07, 6.45) is 0. The van der Waals surface area contributed by atoms with Gasteiger partial charge in [0.1, 0.15) is 12.4 Å². The molecule has 2 aromatic rings. The van der Waals surface area contributed by atoms with Crippen molar-refractivity contribution in [2.24, 2.45) is 5.73 Å². The van der Waals surface area contributed by atoms with Gasteiger partial charge in [0, 0.05) is 0 Å². The normalized spacial score (nSPS) is 10.4. The first-order valence-electron chi connectivity index (χ1n) is 6.50. The Hall–Kier alpha value is -2.63. The average molecular weight is 286 g/mol. The van der Waals surface area contributed by atoms with Crippen molar-refractivity contribution in [3.05, 3.63) is 46.3 Å². The van der Waals surface area contributed by atoms with Crippen molar-refractivity contribution in [3.63, 3.8) is 0 Å². The van der Waals surface area contributed by atoms with E-state index in [1.807, 2.05) is 26.0 Å². The van der Waals surface area contributed by atoms with Crippen LogP contribution < -0.4 is 16.2 Å². The van der Waals surface area contributed by atoms with Gasteiger partial charge in [-0.05, 0) is 44.0 Å². The number of ether oxygens (including phenoxy) is 1. The maximum Gasteiger partial charge on any atom is 0.252 e. The molecule has 1 amide bonds. The first-order valence-corrected chi connectivity index (χ1v) is 6.50. The van der Waals surface area contributed by atoms with E-state index in [-0.39, 0.29) is 18.1 Å². The van der Waals surface area contributed by atoms with E-state index in [0.717, 1.165) is 11.1 Å². The third kappa shape index (κ3) is 3.47. The lowest BCUT2D eigenvalue weighted by molar-refractivity contribution is 0.0996. The molecule has 0 saturated heterocycles. The van der Waals surface area contributed by atoms with Crippen LogP contribution in [-0.2, 0) is 6.61 Å². The van der Waals surface area contributed by atoms with Gasteiger partial charge in [-0.15, -0.1) is 0 Å². The molecule has 1 aromatic heterocycles. The lowest BCUT2D eigenvalue weighted by atomic mass is 10.1. The summed E-state index contributed by atoms with van der Waals surface area (Å²) in [5, 5.41) is 0. The minimum Gasteiger partial charge on any atom is -0.487 e. The van der Waals surface area contributed by atoms with Crippen LogP contribution in [0, 0.1) is 20.8 Å². The number of carbonyl (C=O) groups is 1. The zero-order valence-electron chi connectivity index (χ0n) is 12.3. The van der Waals surface area contributed by atoms with Crippen LogP contribution in [0.3, 0.4) is 0 Å². The van der Waals surface area contributed by atoms with Gasteiger partial charge in [-0.3, -0.25) is 4.79 Å². The van der Waals surface area contributed by atoms with E-state index in [2.05, 4.69) is 16.0 Å². The molecule has 0 aliphatic heterocycles. The van der Waals surface area contributed by atoms with Crippen LogP contribution in [0.5, 0.6) is 5.75 Å². The largest absolute Gasteiger partial charge is 0.487 e. The van der Waals surface area contributed by atoms with Gasteiger partial charge < -0.3 is 16.2 Å². The highest BCUT2D eigenvalue weighted by Crippen LogP contribution is 2.19. The van der Waals surface area contributed by atoms with Crippen molar-refractivity contribution >= 4 is 11.9 Å². The number of amides is 1. The molecule has 0 bridgehead atoms. The molecule has 0 atom stereocenters. The summed E-state index contributed by atoms with van der Waals surface area (Å²) in [4.78, 5) is 19.5. The summed E-state index contributed by atoms with van der Waals surface area (Å²) >= 11 is 0. The maximum atomic E-state index is 11.5. The Kier molecular flexibility index (Phi) is 4.07. The van der Waals surface area contributed by atoms with Crippen LogP contribution in [0.15, 0.2) is 18.2 Å². The van der Waals surface area contributed by atoms with Crippen molar-refractivity contribution in [1.29, 1.82) is 0 Å². The Labute approximate surface area is 123 Å². The number of hydrogen-bond acceptors (Lipinski definition) is 5. The van der Waals surface area contributed by atoms with Gasteiger partial charge >= 0.3 is 0 Å². The van der Waals surface area contributed by atoms with Gasteiger partial charge in [0.05, 0.1) is 17.0 Å². The monoisotopic (exact) mass is 286 g/mol. The van der Waals surface area contributed by atoms with Crippen LogP contribution in [0.2, 0.25) is 0 Å². The quantitative estimate of drug-likeness (QED) is 0.889. The third-order valence-corrected chi connectivity index (χ3v) is 3.00. The third-order valence-electron chi connectivity index (χ3n) is 3.00. The number of benzene rings is 1. The summed E-state index contributed by atoms with van der Waals surface area (Å²) in [6, 6.07) is 5.87. The first kappa shape index (κ1) is 14.8. The summed E-state index contributed by atoms with van der Waals surface area (Å²) in [6.45, 7) is 5.75. The number of hydrogen-bond donors (Lipinski definition) is 2. The van der Waals surface area contributed by atoms with Gasteiger partial charge in [-0.1, -0.05) is 6.07 Å². The van der Waals surface area contributed by atoms with Crippen LogP contribution in [0.25, 0.3) is 0 Å². The fourth-order valence-electron chi connectivity index (χ4n) is 2.25. The molecule has 0 aliphatic rings. The SMILES string of the molecule is Cc1cc(C)cc(OCc2nc(N)nc(C)c2C(N)=O)c1. The number of rotatable bonds is 4. The zero-order valence-corrected chi connectivity index (χ0v) is 12.3. The van der Waals surface area contributed by atoms with E-state index in [1.165, 1.54) is 0 Å². The second-order valence-electron chi connectivity index (χ2n) is 4.97.